The number of halogens is 1. The number of hydrogen-bond acceptors (Lipinski definition) is 4. The smallest absolute Gasteiger partial charge is 0.290 e. The van der Waals surface area contributed by atoms with Crippen LogP contribution >= 0.6 is 0 Å². The van der Waals surface area contributed by atoms with Crippen LogP contribution in [0.2, 0.25) is 0 Å². The Morgan fingerprint density at radius 3 is 2.70 bits per heavy atom. The Morgan fingerprint density at radius 2 is 2.10 bits per heavy atom. The van der Waals surface area contributed by atoms with Crippen LogP contribution in [0.4, 0.5) is 15.9 Å². The third-order valence-electron chi connectivity index (χ3n) is 3.02. The molecule has 1 atom stereocenters. The minimum absolute atomic E-state index is 0.0332. The van der Waals surface area contributed by atoms with Crippen LogP contribution in [0.1, 0.15) is 24.1 Å². The molecule has 0 fully saturated rings. The topological polar surface area (TPSA) is 68.1 Å². The minimum atomic E-state index is -0.480. The van der Waals surface area contributed by atoms with E-state index in [0.29, 0.717) is 16.9 Å². The van der Waals surface area contributed by atoms with Crippen LogP contribution in [0.3, 0.4) is 0 Å². The number of aromatic nitrogens is 1. The van der Waals surface area contributed by atoms with Gasteiger partial charge in [-0.2, -0.15) is 0 Å². The van der Waals surface area contributed by atoms with Crippen LogP contribution < -0.4 is 5.32 Å². The Labute approximate surface area is 115 Å². The van der Waals surface area contributed by atoms with Crippen LogP contribution in [-0.4, -0.2) is 9.91 Å². The summed E-state index contributed by atoms with van der Waals surface area (Å²) >= 11 is 0. The van der Waals surface area contributed by atoms with Crippen molar-refractivity contribution in [3.05, 3.63) is 63.6 Å². The summed E-state index contributed by atoms with van der Waals surface area (Å²) in [6, 6.07) is 7.75. The highest BCUT2D eigenvalue weighted by atomic mass is 19.1. The molecule has 2 aromatic rings. The minimum Gasteiger partial charge on any atom is -0.363 e. The Kier molecular flexibility index (Phi) is 3.93. The normalized spacial score (nSPS) is 11.9. The zero-order chi connectivity index (χ0) is 14.7. The summed E-state index contributed by atoms with van der Waals surface area (Å²) in [5.74, 6) is 0.176. The Bertz CT molecular complexity index is 646. The fourth-order valence-corrected chi connectivity index (χ4v) is 1.94. The first-order valence-electron chi connectivity index (χ1n) is 6.11. The van der Waals surface area contributed by atoms with Crippen molar-refractivity contribution in [1.29, 1.82) is 0 Å². The van der Waals surface area contributed by atoms with Crippen LogP contribution in [0.15, 0.2) is 36.5 Å². The fraction of sp³-hybridized carbons (Fsp3) is 0.214. The maximum Gasteiger partial charge on any atom is 0.290 e. The molecule has 0 amide bonds. The number of rotatable bonds is 4. The van der Waals surface area contributed by atoms with E-state index in [0.717, 1.165) is 0 Å². The molecule has 2 rings (SSSR count). The van der Waals surface area contributed by atoms with E-state index >= 15 is 0 Å². The molecule has 104 valence electrons. The Morgan fingerprint density at radius 1 is 1.40 bits per heavy atom. The zero-order valence-electron chi connectivity index (χ0n) is 11.1. The first-order valence-corrected chi connectivity index (χ1v) is 6.11. The van der Waals surface area contributed by atoms with Gasteiger partial charge >= 0.3 is 0 Å². The maximum atomic E-state index is 13.6. The molecule has 0 radical (unpaired) electrons. The highest BCUT2D eigenvalue weighted by Gasteiger charge is 2.14. The quantitative estimate of drug-likeness (QED) is 0.683. The highest BCUT2D eigenvalue weighted by molar-refractivity contribution is 5.48. The first kappa shape index (κ1) is 13.9. The van der Waals surface area contributed by atoms with Crippen LogP contribution in [-0.2, 0) is 0 Å². The summed E-state index contributed by atoms with van der Waals surface area (Å²) < 4.78 is 13.6. The molecule has 1 N–H and O–H groups in total. The SMILES string of the molecule is Cc1cc(NC(C)c2ccccc2F)ncc1[N+](=O)[O-]. The second-order valence-corrected chi connectivity index (χ2v) is 4.50. The summed E-state index contributed by atoms with van der Waals surface area (Å²) in [6.07, 6.45) is 1.20. The fourth-order valence-electron chi connectivity index (χ4n) is 1.94. The molecule has 0 aliphatic rings. The van der Waals surface area contributed by atoms with Gasteiger partial charge in [-0.15, -0.1) is 0 Å². The van der Waals surface area contributed by atoms with Crippen molar-refractivity contribution in [3.63, 3.8) is 0 Å². The van der Waals surface area contributed by atoms with Crippen molar-refractivity contribution < 1.29 is 9.31 Å². The maximum absolute atomic E-state index is 13.6. The summed E-state index contributed by atoms with van der Waals surface area (Å²) in [4.78, 5) is 14.2. The van der Waals surface area contributed by atoms with Gasteiger partial charge in [0.1, 0.15) is 17.8 Å². The molecule has 1 heterocycles. The van der Waals surface area contributed by atoms with E-state index in [-0.39, 0.29) is 17.5 Å². The van der Waals surface area contributed by atoms with E-state index in [1.54, 1.807) is 38.1 Å². The second kappa shape index (κ2) is 5.64. The average molecular weight is 275 g/mol. The lowest BCUT2D eigenvalue weighted by Crippen LogP contribution is -2.10. The van der Waals surface area contributed by atoms with E-state index in [2.05, 4.69) is 10.3 Å². The van der Waals surface area contributed by atoms with E-state index in [1.165, 1.54) is 12.3 Å². The van der Waals surface area contributed by atoms with Crippen molar-refractivity contribution in [2.75, 3.05) is 5.32 Å². The van der Waals surface area contributed by atoms with E-state index < -0.39 is 4.92 Å². The van der Waals surface area contributed by atoms with Gasteiger partial charge < -0.3 is 5.32 Å². The van der Waals surface area contributed by atoms with Crippen molar-refractivity contribution in [2.45, 2.75) is 19.9 Å². The van der Waals surface area contributed by atoms with Crippen LogP contribution in [0.25, 0.3) is 0 Å². The molecule has 0 aliphatic heterocycles. The largest absolute Gasteiger partial charge is 0.363 e. The van der Waals surface area contributed by atoms with Gasteiger partial charge in [0, 0.05) is 11.1 Å². The molecule has 1 unspecified atom stereocenters. The number of pyridine rings is 1. The Hall–Kier alpha value is -2.50. The van der Waals surface area contributed by atoms with Gasteiger partial charge in [0.2, 0.25) is 0 Å². The number of nitro groups is 1. The van der Waals surface area contributed by atoms with Gasteiger partial charge in [-0.1, -0.05) is 18.2 Å². The number of hydrogen-bond donors (Lipinski definition) is 1. The van der Waals surface area contributed by atoms with Gasteiger partial charge in [0.05, 0.1) is 11.0 Å². The third-order valence-corrected chi connectivity index (χ3v) is 3.02. The third kappa shape index (κ3) is 2.90. The molecule has 20 heavy (non-hydrogen) atoms. The lowest BCUT2D eigenvalue weighted by Gasteiger charge is -2.15. The summed E-state index contributed by atoms with van der Waals surface area (Å²) in [5, 5.41) is 13.7. The van der Waals surface area contributed by atoms with Crippen molar-refractivity contribution in [3.8, 4) is 0 Å². The van der Waals surface area contributed by atoms with Gasteiger partial charge in [-0.05, 0) is 26.0 Å². The molecular formula is C14H14FN3O2. The van der Waals surface area contributed by atoms with Crippen molar-refractivity contribution in [2.24, 2.45) is 0 Å². The highest BCUT2D eigenvalue weighted by Crippen LogP contribution is 2.23. The number of nitrogens with zero attached hydrogens (tertiary/aromatic N) is 2. The van der Waals surface area contributed by atoms with E-state index in [4.69, 9.17) is 0 Å². The monoisotopic (exact) mass is 275 g/mol. The van der Waals surface area contributed by atoms with Gasteiger partial charge in [0.25, 0.3) is 5.69 Å². The number of anilines is 1. The lowest BCUT2D eigenvalue weighted by molar-refractivity contribution is -0.385. The molecule has 0 aliphatic carbocycles. The van der Waals surface area contributed by atoms with Crippen molar-refractivity contribution in [1.82, 2.24) is 4.98 Å². The van der Waals surface area contributed by atoms with E-state index in [1.807, 2.05) is 0 Å². The molecule has 1 aromatic carbocycles. The van der Waals surface area contributed by atoms with Gasteiger partial charge in [-0.25, -0.2) is 9.37 Å². The predicted molar refractivity (Wildman–Crippen MR) is 74.1 cm³/mol. The van der Waals surface area contributed by atoms with Crippen LogP contribution in [0.5, 0.6) is 0 Å². The summed E-state index contributed by atoms with van der Waals surface area (Å²) in [5.41, 5.74) is 0.993. The number of aryl methyl sites for hydroxylation is 1. The molecule has 6 heteroatoms. The molecule has 0 spiro atoms. The molecule has 1 aromatic heterocycles. The number of benzene rings is 1. The number of nitrogens with one attached hydrogen (secondary N) is 1. The lowest BCUT2D eigenvalue weighted by atomic mass is 10.1. The first-order chi connectivity index (χ1) is 9.49. The van der Waals surface area contributed by atoms with Gasteiger partial charge in [-0.3, -0.25) is 10.1 Å². The average Bonchev–Trinajstić information content (AvgIpc) is 2.38. The molecule has 0 bridgehead atoms. The molecule has 5 nitrogen and oxygen atoms in total. The van der Waals surface area contributed by atoms with Crippen molar-refractivity contribution >= 4 is 11.5 Å². The van der Waals surface area contributed by atoms with Crippen LogP contribution in [0, 0.1) is 22.9 Å². The molecule has 0 saturated carbocycles. The predicted octanol–water partition coefficient (Wildman–Crippen LogP) is 3.61. The standard InChI is InChI=1S/C14H14FN3O2/c1-9-7-14(16-8-13(9)18(19)20)17-10(2)11-5-3-4-6-12(11)15/h3-8,10H,1-2H3,(H,16,17). The summed E-state index contributed by atoms with van der Waals surface area (Å²) in [7, 11) is 0. The summed E-state index contributed by atoms with van der Waals surface area (Å²) in [6.45, 7) is 3.44. The molecular weight excluding hydrogens is 261 g/mol. The molecule has 0 saturated heterocycles. The Balaban J connectivity index is 2.20. The van der Waals surface area contributed by atoms with E-state index in [9.17, 15) is 14.5 Å². The zero-order valence-corrected chi connectivity index (χ0v) is 11.1. The second-order valence-electron chi connectivity index (χ2n) is 4.50. The van der Waals surface area contributed by atoms with Gasteiger partial charge in [0.15, 0.2) is 0 Å².